The second kappa shape index (κ2) is 9.62. The topological polar surface area (TPSA) is 105 Å². The number of ether oxygens (including phenoxy) is 2. The molecular formula is C23H24N2O6S. The van der Waals surface area contributed by atoms with Gasteiger partial charge >= 0.3 is 12.1 Å². The molecule has 2 aromatic rings. The standard InChI is InChI=1S/C23H24N2O6S/c1-30-20(21(26)25-13-32-12-19(25)22(27)28)10-24-23(29)31-11-18-16-8-4-2-6-14(16)15-7-3-5-9-17(15)18/h2-9,18-20H,10-13H2,1H3,(H,24,29)(H,27,28). The average molecular weight is 457 g/mol. The zero-order valence-electron chi connectivity index (χ0n) is 17.5. The third kappa shape index (κ3) is 4.31. The molecule has 168 valence electrons. The average Bonchev–Trinajstić information content (AvgIpc) is 3.41. The Hall–Kier alpha value is -3.04. The zero-order chi connectivity index (χ0) is 22.7. The first-order chi connectivity index (χ1) is 15.5. The first-order valence-electron chi connectivity index (χ1n) is 10.2. The van der Waals surface area contributed by atoms with Crippen LogP contribution < -0.4 is 5.32 Å². The fourth-order valence-electron chi connectivity index (χ4n) is 4.15. The summed E-state index contributed by atoms with van der Waals surface area (Å²) in [5, 5.41) is 11.8. The van der Waals surface area contributed by atoms with Crippen molar-refractivity contribution >= 4 is 29.7 Å². The summed E-state index contributed by atoms with van der Waals surface area (Å²) in [6.07, 6.45) is -1.65. The molecular weight excluding hydrogens is 432 g/mol. The molecule has 0 aromatic heterocycles. The number of amides is 2. The van der Waals surface area contributed by atoms with E-state index >= 15 is 0 Å². The Morgan fingerprint density at radius 1 is 1.12 bits per heavy atom. The zero-order valence-corrected chi connectivity index (χ0v) is 18.3. The van der Waals surface area contributed by atoms with E-state index < -0.39 is 30.1 Å². The van der Waals surface area contributed by atoms with Crippen LogP contribution in [0.4, 0.5) is 4.79 Å². The summed E-state index contributed by atoms with van der Waals surface area (Å²) in [6.45, 7) is 0.0504. The number of carboxylic acids is 1. The highest BCUT2D eigenvalue weighted by Gasteiger charge is 2.38. The molecule has 2 aliphatic rings. The van der Waals surface area contributed by atoms with Crippen LogP contribution in [0.1, 0.15) is 17.0 Å². The highest BCUT2D eigenvalue weighted by atomic mass is 32.2. The second-order valence-electron chi connectivity index (χ2n) is 7.59. The maximum Gasteiger partial charge on any atom is 0.407 e. The van der Waals surface area contributed by atoms with Crippen LogP contribution in [0.2, 0.25) is 0 Å². The highest BCUT2D eigenvalue weighted by Crippen LogP contribution is 2.44. The monoisotopic (exact) mass is 456 g/mol. The summed E-state index contributed by atoms with van der Waals surface area (Å²) in [7, 11) is 1.35. The number of benzene rings is 2. The van der Waals surface area contributed by atoms with Crippen LogP contribution in [0.5, 0.6) is 0 Å². The molecule has 0 saturated carbocycles. The van der Waals surface area contributed by atoms with Gasteiger partial charge in [-0.25, -0.2) is 9.59 Å². The van der Waals surface area contributed by atoms with E-state index in [4.69, 9.17) is 9.47 Å². The molecule has 2 N–H and O–H groups in total. The summed E-state index contributed by atoms with van der Waals surface area (Å²) in [4.78, 5) is 37.6. The van der Waals surface area contributed by atoms with Gasteiger partial charge in [-0.3, -0.25) is 4.79 Å². The lowest BCUT2D eigenvalue weighted by atomic mass is 9.98. The third-order valence-electron chi connectivity index (χ3n) is 5.79. The molecule has 1 saturated heterocycles. The molecule has 1 fully saturated rings. The molecule has 2 unspecified atom stereocenters. The Labute approximate surface area is 189 Å². The van der Waals surface area contributed by atoms with E-state index in [2.05, 4.69) is 17.4 Å². The number of thioether (sulfide) groups is 1. The molecule has 2 aromatic carbocycles. The van der Waals surface area contributed by atoms with E-state index in [-0.39, 0.29) is 24.9 Å². The number of carbonyl (C=O) groups is 3. The molecule has 2 amide bonds. The Kier molecular flexibility index (Phi) is 6.66. The van der Waals surface area contributed by atoms with Crippen LogP contribution in [0.15, 0.2) is 48.5 Å². The van der Waals surface area contributed by atoms with Crippen LogP contribution in [0.25, 0.3) is 11.1 Å². The van der Waals surface area contributed by atoms with Crippen LogP contribution in [0, 0.1) is 0 Å². The molecule has 1 aliphatic heterocycles. The fourth-order valence-corrected chi connectivity index (χ4v) is 5.30. The number of rotatable bonds is 7. The number of hydrogen-bond donors (Lipinski definition) is 2. The number of alkyl carbamates (subject to hydrolysis) is 1. The van der Waals surface area contributed by atoms with E-state index in [1.807, 2.05) is 36.4 Å². The highest BCUT2D eigenvalue weighted by molar-refractivity contribution is 7.99. The number of carboxylic acid groups (broad SMARTS) is 1. The van der Waals surface area contributed by atoms with E-state index in [1.165, 1.54) is 23.8 Å². The first kappa shape index (κ1) is 22.2. The van der Waals surface area contributed by atoms with Gasteiger partial charge in [0.25, 0.3) is 5.91 Å². The predicted molar refractivity (Wildman–Crippen MR) is 119 cm³/mol. The molecule has 2 atom stereocenters. The molecule has 0 radical (unpaired) electrons. The number of fused-ring (bicyclic) bond motifs is 3. The van der Waals surface area contributed by atoms with Crippen molar-refractivity contribution in [3.63, 3.8) is 0 Å². The van der Waals surface area contributed by atoms with Crippen molar-refractivity contribution in [2.75, 3.05) is 31.9 Å². The minimum Gasteiger partial charge on any atom is -0.480 e. The number of aliphatic carboxylic acids is 1. The largest absolute Gasteiger partial charge is 0.480 e. The van der Waals surface area contributed by atoms with Crippen LogP contribution >= 0.6 is 11.8 Å². The predicted octanol–water partition coefficient (Wildman–Crippen LogP) is 2.53. The van der Waals surface area contributed by atoms with Crippen LogP contribution in [0.3, 0.4) is 0 Å². The van der Waals surface area contributed by atoms with E-state index in [9.17, 15) is 19.5 Å². The minimum atomic E-state index is -1.05. The van der Waals surface area contributed by atoms with Gasteiger partial charge in [-0.15, -0.1) is 11.8 Å². The lowest BCUT2D eigenvalue weighted by molar-refractivity contribution is -0.152. The molecule has 8 nitrogen and oxygen atoms in total. The smallest absolute Gasteiger partial charge is 0.407 e. The van der Waals surface area contributed by atoms with Gasteiger partial charge in [0.15, 0.2) is 6.10 Å². The van der Waals surface area contributed by atoms with E-state index in [0.29, 0.717) is 5.75 Å². The number of nitrogens with zero attached hydrogens (tertiary/aromatic N) is 1. The number of nitrogens with one attached hydrogen (secondary N) is 1. The van der Waals surface area contributed by atoms with Crippen molar-refractivity contribution in [2.45, 2.75) is 18.1 Å². The van der Waals surface area contributed by atoms with Crippen molar-refractivity contribution in [3.8, 4) is 11.1 Å². The molecule has 32 heavy (non-hydrogen) atoms. The number of carbonyl (C=O) groups excluding carboxylic acids is 2. The second-order valence-corrected chi connectivity index (χ2v) is 8.59. The van der Waals surface area contributed by atoms with Crippen LogP contribution in [-0.4, -0.2) is 72.0 Å². The summed E-state index contributed by atoms with van der Waals surface area (Å²) >= 11 is 1.37. The van der Waals surface area contributed by atoms with Crippen molar-refractivity contribution in [1.29, 1.82) is 0 Å². The summed E-state index contributed by atoms with van der Waals surface area (Å²) in [6, 6.07) is 15.2. The van der Waals surface area contributed by atoms with Gasteiger partial charge < -0.3 is 24.8 Å². The molecule has 4 rings (SSSR count). The van der Waals surface area contributed by atoms with Gasteiger partial charge in [-0.1, -0.05) is 48.5 Å². The first-order valence-corrected chi connectivity index (χ1v) is 11.4. The molecule has 1 aliphatic carbocycles. The van der Waals surface area contributed by atoms with Crippen molar-refractivity contribution in [1.82, 2.24) is 10.2 Å². The van der Waals surface area contributed by atoms with E-state index in [0.717, 1.165) is 22.3 Å². The van der Waals surface area contributed by atoms with Gasteiger partial charge in [0.2, 0.25) is 0 Å². The SMILES string of the molecule is COC(CNC(=O)OCC1c2ccccc2-c2ccccc21)C(=O)N1CSCC1C(=O)O. The summed E-state index contributed by atoms with van der Waals surface area (Å²) < 4.78 is 10.7. The van der Waals surface area contributed by atoms with E-state index in [1.54, 1.807) is 0 Å². The summed E-state index contributed by atoms with van der Waals surface area (Å²) in [5.41, 5.74) is 4.49. The molecule has 0 bridgehead atoms. The molecule has 1 heterocycles. The van der Waals surface area contributed by atoms with Gasteiger partial charge in [0.05, 0.1) is 12.4 Å². The van der Waals surface area contributed by atoms with Crippen molar-refractivity contribution in [3.05, 3.63) is 59.7 Å². The Morgan fingerprint density at radius 3 is 2.34 bits per heavy atom. The number of methoxy groups -OCH3 is 1. The minimum absolute atomic E-state index is 0.0639. The van der Waals surface area contributed by atoms with Crippen molar-refractivity contribution in [2.24, 2.45) is 0 Å². The van der Waals surface area contributed by atoms with Gasteiger partial charge in [-0.2, -0.15) is 0 Å². The molecule has 9 heteroatoms. The Morgan fingerprint density at radius 2 is 1.75 bits per heavy atom. The maximum atomic E-state index is 12.7. The van der Waals surface area contributed by atoms with Gasteiger partial charge in [0, 0.05) is 18.8 Å². The normalized spacial score (nSPS) is 18.0. The third-order valence-corrected chi connectivity index (χ3v) is 6.80. The fraction of sp³-hybridized carbons (Fsp3) is 0.348. The van der Waals surface area contributed by atoms with Crippen LogP contribution in [-0.2, 0) is 19.1 Å². The van der Waals surface area contributed by atoms with Crippen molar-refractivity contribution < 1.29 is 29.0 Å². The Bertz CT molecular complexity index is 984. The molecule has 0 spiro atoms. The maximum absolute atomic E-state index is 12.7. The van der Waals surface area contributed by atoms with Gasteiger partial charge in [-0.05, 0) is 22.3 Å². The lowest BCUT2D eigenvalue weighted by Crippen LogP contribution is -2.50. The number of hydrogen-bond acceptors (Lipinski definition) is 6. The quantitative estimate of drug-likeness (QED) is 0.660. The van der Waals surface area contributed by atoms with Gasteiger partial charge in [0.1, 0.15) is 12.6 Å². The Balaban J connectivity index is 1.34. The summed E-state index contributed by atoms with van der Waals surface area (Å²) in [5.74, 6) is -0.977. The lowest BCUT2D eigenvalue weighted by Gasteiger charge is -2.25.